The number of thiophene rings is 2. The molecule has 0 bridgehead atoms. The van der Waals surface area contributed by atoms with Crippen LogP contribution in [0.15, 0.2) is 29.0 Å². The van der Waals surface area contributed by atoms with Gasteiger partial charge in [0.2, 0.25) is 0 Å². The van der Waals surface area contributed by atoms with Gasteiger partial charge < -0.3 is 5.73 Å². The summed E-state index contributed by atoms with van der Waals surface area (Å²) in [5.74, 6) is 5.99. The molecular formula is C16H20N2S2. The fourth-order valence-corrected chi connectivity index (χ4v) is 3.48. The normalized spacial score (nSPS) is 10.8. The van der Waals surface area contributed by atoms with Crippen LogP contribution in [0.5, 0.6) is 0 Å². The Morgan fingerprint density at radius 2 is 2.05 bits per heavy atom. The number of nitrogens with zero attached hydrogens (tertiary/aromatic N) is 1. The third kappa shape index (κ3) is 4.46. The van der Waals surface area contributed by atoms with Gasteiger partial charge in [0.25, 0.3) is 0 Å². The molecule has 20 heavy (non-hydrogen) atoms. The number of hydrogen-bond acceptors (Lipinski definition) is 4. The summed E-state index contributed by atoms with van der Waals surface area (Å²) in [6, 6.07) is 7.02. The maximum atomic E-state index is 5.40. The molecule has 0 aliphatic heterocycles. The molecule has 0 radical (unpaired) electrons. The Morgan fingerprint density at radius 1 is 1.25 bits per heavy atom. The van der Waals surface area contributed by atoms with E-state index in [0.717, 1.165) is 18.7 Å². The second-order valence-corrected chi connectivity index (χ2v) is 6.91. The molecule has 2 heterocycles. The van der Waals surface area contributed by atoms with Crippen LogP contribution in [0.4, 0.5) is 0 Å². The first-order valence-corrected chi connectivity index (χ1v) is 8.47. The predicted octanol–water partition coefficient (Wildman–Crippen LogP) is 3.53. The van der Waals surface area contributed by atoms with E-state index in [2.05, 4.69) is 59.5 Å². The summed E-state index contributed by atoms with van der Waals surface area (Å²) in [6.07, 6.45) is 0. The van der Waals surface area contributed by atoms with Gasteiger partial charge in [0.15, 0.2) is 0 Å². The molecular weight excluding hydrogens is 284 g/mol. The lowest BCUT2D eigenvalue weighted by molar-refractivity contribution is 0.207. The van der Waals surface area contributed by atoms with Gasteiger partial charge in [-0.1, -0.05) is 17.9 Å². The van der Waals surface area contributed by atoms with Crippen LogP contribution in [-0.4, -0.2) is 17.5 Å². The molecule has 0 fully saturated rings. The Bertz CT molecular complexity index is 573. The average molecular weight is 304 g/mol. The first-order valence-electron chi connectivity index (χ1n) is 6.72. The van der Waals surface area contributed by atoms with Crippen LogP contribution in [0.1, 0.15) is 29.2 Å². The van der Waals surface area contributed by atoms with Crippen LogP contribution in [0.2, 0.25) is 0 Å². The molecule has 2 aromatic rings. The van der Waals surface area contributed by atoms with Gasteiger partial charge in [-0.15, -0.1) is 22.7 Å². The lowest BCUT2D eigenvalue weighted by Gasteiger charge is -2.25. The maximum Gasteiger partial charge on any atom is 0.0555 e. The Hall–Kier alpha value is -1.12. The molecule has 0 aromatic carbocycles. The SMILES string of the molecule is CC(C)N(Cc1cccs1)Cc1cc(C#CCN)cs1. The standard InChI is InChI=1S/C16H20N2S2/c1-13(2)18(10-15-6-4-8-19-15)11-16-9-14(12-20-16)5-3-7-17/h4,6,8-9,12-13H,7,10-11,17H2,1-2H3. The van der Waals surface area contributed by atoms with Crippen LogP contribution >= 0.6 is 22.7 Å². The lowest BCUT2D eigenvalue weighted by Crippen LogP contribution is -2.29. The van der Waals surface area contributed by atoms with Crippen molar-refractivity contribution >= 4 is 22.7 Å². The summed E-state index contributed by atoms with van der Waals surface area (Å²) in [6.45, 7) is 6.90. The molecule has 0 spiro atoms. The van der Waals surface area contributed by atoms with E-state index < -0.39 is 0 Å². The van der Waals surface area contributed by atoms with Crippen molar-refractivity contribution in [3.8, 4) is 11.8 Å². The van der Waals surface area contributed by atoms with Crippen molar-refractivity contribution in [1.29, 1.82) is 0 Å². The summed E-state index contributed by atoms with van der Waals surface area (Å²) in [5, 5.41) is 4.25. The lowest BCUT2D eigenvalue weighted by atomic mass is 10.2. The van der Waals surface area contributed by atoms with E-state index in [0.29, 0.717) is 12.6 Å². The van der Waals surface area contributed by atoms with E-state index in [1.807, 2.05) is 11.3 Å². The first kappa shape index (κ1) is 15.3. The minimum absolute atomic E-state index is 0.418. The van der Waals surface area contributed by atoms with E-state index in [4.69, 9.17) is 5.73 Å². The van der Waals surface area contributed by atoms with Crippen molar-refractivity contribution in [3.05, 3.63) is 44.3 Å². The largest absolute Gasteiger partial charge is 0.320 e. The molecule has 2 aromatic heterocycles. The molecule has 106 valence electrons. The van der Waals surface area contributed by atoms with Gasteiger partial charge in [0.05, 0.1) is 6.54 Å². The minimum atomic E-state index is 0.418. The van der Waals surface area contributed by atoms with Crippen molar-refractivity contribution in [2.75, 3.05) is 6.54 Å². The molecule has 0 saturated heterocycles. The van der Waals surface area contributed by atoms with E-state index in [-0.39, 0.29) is 0 Å². The Kier molecular flexibility index (Phi) is 5.81. The summed E-state index contributed by atoms with van der Waals surface area (Å²) >= 11 is 3.60. The molecule has 0 aliphatic carbocycles. The monoisotopic (exact) mass is 304 g/mol. The van der Waals surface area contributed by atoms with Crippen molar-refractivity contribution < 1.29 is 0 Å². The molecule has 2 rings (SSSR count). The number of hydrogen-bond donors (Lipinski definition) is 1. The zero-order chi connectivity index (χ0) is 14.4. The zero-order valence-corrected chi connectivity index (χ0v) is 13.6. The van der Waals surface area contributed by atoms with Gasteiger partial charge in [-0.2, -0.15) is 0 Å². The van der Waals surface area contributed by atoms with Crippen molar-refractivity contribution in [2.45, 2.75) is 33.0 Å². The molecule has 0 amide bonds. The molecule has 0 atom stereocenters. The van der Waals surface area contributed by atoms with Crippen molar-refractivity contribution in [1.82, 2.24) is 4.90 Å². The van der Waals surface area contributed by atoms with Crippen molar-refractivity contribution in [3.63, 3.8) is 0 Å². The third-order valence-corrected chi connectivity index (χ3v) is 4.80. The van der Waals surface area contributed by atoms with Crippen LogP contribution in [0, 0.1) is 11.8 Å². The molecule has 4 heteroatoms. The van der Waals surface area contributed by atoms with E-state index in [1.54, 1.807) is 11.3 Å². The third-order valence-electron chi connectivity index (χ3n) is 3.02. The smallest absolute Gasteiger partial charge is 0.0555 e. The van der Waals surface area contributed by atoms with Gasteiger partial charge in [0, 0.05) is 39.8 Å². The van der Waals surface area contributed by atoms with Gasteiger partial charge in [0.1, 0.15) is 0 Å². The first-order chi connectivity index (χ1) is 9.69. The Morgan fingerprint density at radius 3 is 2.70 bits per heavy atom. The molecule has 2 N–H and O–H groups in total. The van der Waals surface area contributed by atoms with Gasteiger partial charge in [-0.05, 0) is 31.4 Å². The van der Waals surface area contributed by atoms with Gasteiger partial charge in [-0.25, -0.2) is 0 Å². The van der Waals surface area contributed by atoms with Crippen molar-refractivity contribution in [2.24, 2.45) is 5.73 Å². The number of rotatable bonds is 5. The Balaban J connectivity index is 2.02. The van der Waals surface area contributed by atoms with Crippen LogP contribution < -0.4 is 5.73 Å². The van der Waals surface area contributed by atoms with Gasteiger partial charge in [-0.3, -0.25) is 4.90 Å². The van der Waals surface area contributed by atoms with E-state index >= 15 is 0 Å². The number of nitrogens with two attached hydrogens (primary N) is 1. The van der Waals surface area contributed by atoms with E-state index in [1.165, 1.54) is 9.75 Å². The molecule has 0 unspecified atom stereocenters. The van der Waals surface area contributed by atoms with E-state index in [9.17, 15) is 0 Å². The molecule has 0 saturated carbocycles. The quantitative estimate of drug-likeness (QED) is 0.856. The fraction of sp³-hybridized carbons (Fsp3) is 0.375. The second kappa shape index (κ2) is 7.61. The molecule has 0 aliphatic rings. The summed E-state index contributed by atoms with van der Waals surface area (Å²) in [4.78, 5) is 5.26. The highest BCUT2D eigenvalue weighted by molar-refractivity contribution is 7.10. The fourth-order valence-electron chi connectivity index (χ4n) is 1.91. The predicted molar refractivity (Wildman–Crippen MR) is 89.0 cm³/mol. The summed E-state index contributed by atoms with van der Waals surface area (Å²) in [5.41, 5.74) is 6.48. The maximum absolute atomic E-state index is 5.40. The van der Waals surface area contributed by atoms with Crippen LogP contribution in [0.3, 0.4) is 0 Å². The Labute approximate surface area is 129 Å². The highest BCUT2D eigenvalue weighted by atomic mass is 32.1. The topological polar surface area (TPSA) is 29.3 Å². The van der Waals surface area contributed by atoms with Crippen LogP contribution in [0.25, 0.3) is 0 Å². The summed E-state index contributed by atoms with van der Waals surface area (Å²) in [7, 11) is 0. The summed E-state index contributed by atoms with van der Waals surface area (Å²) < 4.78 is 0. The second-order valence-electron chi connectivity index (χ2n) is 4.89. The average Bonchev–Trinajstić information content (AvgIpc) is 3.07. The molecule has 2 nitrogen and oxygen atoms in total. The van der Waals surface area contributed by atoms with Crippen LogP contribution in [-0.2, 0) is 13.1 Å². The minimum Gasteiger partial charge on any atom is -0.320 e. The highest BCUT2D eigenvalue weighted by Crippen LogP contribution is 2.20. The highest BCUT2D eigenvalue weighted by Gasteiger charge is 2.12. The van der Waals surface area contributed by atoms with Gasteiger partial charge >= 0.3 is 0 Å². The zero-order valence-electron chi connectivity index (χ0n) is 11.9.